The smallest absolute Gasteiger partial charge is 0.410 e. The second-order valence-corrected chi connectivity index (χ2v) is 6.39. The summed E-state index contributed by atoms with van der Waals surface area (Å²) in [5.41, 5.74) is 4.63. The van der Waals surface area contributed by atoms with Crippen LogP contribution in [0.1, 0.15) is 31.9 Å². The van der Waals surface area contributed by atoms with Gasteiger partial charge in [0.2, 0.25) is 5.71 Å². The first-order valence-electron chi connectivity index (χ1n) is 7.56. The fourth-order valence-electron chi connectivity index (χ4n) is 2.36. The van der Waals surface area contributed by atoms with Gasteiger partial charge in [0.1, 0.15) is 17.7 Å². The number of hydrogen-bond acceptors (Lipinski definition) is 6. The zero-order valence-corrected chi connectivity index (χ0v) is 14.0. The van der Waals surface area contributed by atoms with E-state index in [-0.39, 0.29) is 11.8 Å². The van der Waals surface area contributed by atoms with E-state index in [2.05, 4.69) is 10.5 Å². The third-order valence-corrected chi connectivity index (χ3v) is 3.42. The maximum Gasteiger partial charge on any atom is 0.410 e. The number of nitriles is 2. The number of nitrogens with zero attached hydrogens (tertiary/aromatic N) is 4. The van der Waals surface area contributed by atoms with Crippen LogP contribution in [0.5, 0.6) is 0 Å². The van der Waals surface area contributed by atoms with E-state index in [9.17, 15) is 4.79 Å². The Labute approximate surface area is 141 Å². The number of nitrogens with one attached hydrogen (secondary N) is 1. The lowest BCUT2D eigenvalue weighted by Gasteiger charge is -2.32. The predicted molar refractivity (Wildman–Crippen MR) is 89.1 cm³/mol. The summed E-state index contributed by atoms with van der Waals surface area (Å²) >= 11 is 0. The van der Waals surface area contributed by atoms with Crippen molar-refractivity contribution in [3.63, 3.8) is 0 Å². The zero-order chi connectivity index (χ0) is 17.7. The minimum Gasteiger partial charge on any atom is -0.444 e. The van der Waals surface area contributed by atoms with Crippen molar-refractivity contribution in [3.8, 4) is 12.1 Å². The summed E-state index contributed by atoms with van der Waals surface area (Å²) in [4.78, 5) is 13.9. The van der Waals surface area contributed by atoms with Crippen LogP contribution in [0.15, 0.2) is 23.3 Å². The number of benzene rings is 1. The highest BCUT2D eigenvalue weighted by molar-refractivity contribution is 6.10. The van der Waals surface area contributed by atoms with E-state index in [0.717, 1.165) is 11.1 Å². The third kappa shape index (κ3) is 4.23. The van der Waals surface area contributed by atoms with E-state index in [1.54, 1.807) is 23.1 Å². The molecule has 0 saturated heterocycles. The molecule has 0 bridgehead atoms. The van der Waals surface area contributed by atoms with Crippen LogP contribution < -0.4 is 5.43 Å². The van der Waals surface area contributed by atoms with Crippen LogP contribution in [0.25, 0.3) is 0 Å². The summed E-state index contributed by atoms with van der Waals surface area (Å²) < 4.78 is 5.42. The van der Waals surface area contributed by atoms with Crippen molar-refractivity contribution >= 4 is 17.5 Å². The Kier molecular flexibility index (Phi) is 5.05. The fraction of sp³-hybridized carbons (Fsp3) is 0.412. The molecule has 0 fully saturated rings. The van der Waals surface area contributed by atoms with Crippen LogP contribution in [-0.2, 0) is 17.7 Å². The highest BCUT2D eigenvalue weighted by Crippen LogP contribution is 2.27. The molecule has 0 aliphatic carbocycles. The van der Waals surface area contributed by atoms with Crippen molar-refractivity contribution < 1.29 is 9.53 Å². The van der Waals surface area contributed by atoms with Gasteiger partial charge in [-0.25, -0.2) is 4.79 Å². The molecular weight excluding hydrogens is 306 g/mol. The molecule has 0 saturated carbocycles. The van der Waals surface area contributed by atoms with Gasteiger partial charge in [-0.2, -0.15) is 15.6 Å². The van der Waals surface area contributed by atoms with Crippen LogP contribution in [0.2, 0.25) is 0 Å². The highest BCUT2D eigenvalue weighted by Gasteiger charge is 2.26. The first kappa shape index (κ1) is 17.3. The van der Waals surface area contributed by atoms with E-state index >= 15 is 0 Å². The zero-order valence-electron chi connectivity index (χ0n) is 14.0. The maximum atomic E-state index is 12.3. The molecule has 24 heavy (non-hydrogen) atoms. The normalized spacial score (nSPS) is 13.1. The average molecular weight is 325 g/mol. The molecule has 2 rings (SSSR count). The SMILES string of the molecule is CC(C)(C)OC(=O)N1CCc2cccc(NN=C(C#N)C#N)c2C1. The quantitative estimate of drug-likeness (QED) is 0.665. The molecule has 0 radical (unpaired) electrons. The monoisotopic (exact) mass is 325 g/mol. The number of ether oxygens (including phenoxy) is 1. The van der Waals surface area contributed by atoms with E-state index < -0.39 is 5.60 Å². The third-order valence-electron chi connectivity index (χ3n) is 3.42. The van der Waals surface area contributed by atoms with Crippen LogP contribution in [0.3, 0.4) is 0 Å². The van der Waals surface area contributed by atoms with Crippen molar-refractivity contribution in [1.82, 2.24) is 4.90 Å². The molecule has 1 amide bonds. The molecular formula is C17H19N5O2. The Morgan fingerprint density at radius 1 is 1.33 bits per heavy atom. The van der Waals surface area contributed by atoms with E-state index in [4.69, 9.17) is 15.3 Å². The van der Waals surface area contributed by atoms with Gasteiger partial charge >= 0.3 is 6.09 Å². The van der Waals surface area contributed by atoms with E-state index in [1.165, 1.54) is 0 Å². The van der Waals surface area contributed by atoms with Crippen molar-refractivity contribution in [2.45, 2.75) is 39.3 Å². The number of amides is 1. The van der Waals surface area contributed by atoms with Gasteiger partial charge in [-0.3, -0.25) is 5.43 Å². The van der Waals surface area contributed by atoms with Crippen LogP contribution in [0.4, 0.5) is 10.5 Å². The highest BCUT2D eigenvalue weighted by atomic mass is 16.6. The molecule has 1 aliphatic heterocycles. The topological polar surface area (TPSA) is 102 Å². The number of carbonyl (C=O) groups excluding carboxylic acids is 1. The summed E-state index contributed by atoms with van der Waals surface area (Å²) in [6.07, 6.45) is 0.346. The first-order valence-corrected chi connectivity index (χ1v) is 7.56. The van der Waals surface area contributed by atoms with Gasteiger partial charge in [0.15, 0.2) is 0 Å². The average Bonchev–Trinajstić information content (AvgIpc) is 2.53. The van der Waals surface area contributed by atoms with Crippen LogP contribution in [-0.4, -0.2) is 28.9 Å². The lowest BCUT2D eigenvalue weighted by atomic mass is 9.98. The Morgan fingerprint density at radius 3 is 2.67 bits per heavy atom. The summed E-state index contributed by atoms with van der Waals surface area (Å²) in [7, 11) is 0. The minimum atomic E-state index is -0.548. The van der Waals surface area contributed by atoms with Crippen LogP contribution >= 0.6 is 0 Å². The Morgan fingerprint density at radius 2 is 2.04 bits per heavy atom. The number of hydrazone groups is 1. The van der Waals surface area contributed by atoms with Crippen molar-refractivity contribution in [2.24, 2.45) is 5.10 Å². The van der Waals surface area contributed by atoms with E-state index in [1.807, 2.05) is 32.9 Å². The molecule has 7 heteroatoms. The molecule has 0 aromatic heterocycles. The summed E-state index contributed by atoms with van der Waals surface area (Å²) in [5.74, 6) is 0. The molecule has 124 valence electrons. The molecule has 0 spiro atoms. The summed E-state index contributed by atoms with van der Waals surface area (Å²) in [5, 5.41) is 21.3. The Hall–Kier alpha value is -3.06. The van der Waals surface area contributed by atoms with Crippen molar-refractivity contribution in [2.75, 3.05) is 12.0 Å². The largest absolute Gasteiger partial charge is 0.444 e. The standard InChI is InChI=1S/C17H19N5O2/c1-17(2,3)24-16(23)22-8-7-12-5-4-6-15(14(12)11-22)21-20-13(9-18)10-19/h4-6,21H,7-8,11H2,1-3H3. The number of fused-ring (bicyclic) bond motifs is 1. The van der Waals surface area contributed by atoms with Gasteiger partial charge in [0.25, 0.3) is 0 Å². The van der Waals surface area contributed by atoms with Crippen molar-refractivity contribution in [1.29, 1.82) is 10.5 Å². The lowest BCUT2D eigenvalue weighted by molar-refractivity contribution is 0.0224. The number of carbonyl (C=O) groups is 1. The van der Waals surface area contributed by atoms with Gasteiger partial charge < -0.3 is 9.64 Å². The molecule has 1 N–H and O–H groups in total. The minimum absolute atomic E-state index is 0.257. The molecule has 1 heterocycles. The Balaban J connectivity index is 2.21. The molecule has 1 aromatic rings. The molecule has 7 nitrogen and oxygen atoms in total. The van der Waals surface area contributed by atoms with Gasteiger partial charge in [-0.15, -0.1) is 0 Å². The maximum absolute atomic E-state index is 12.3. The summed E-state index contributed by atoms with van der Waals surface area (Å²) in [6.45, 7) is 6.45. The second-order valence-electron chi connectivity index (χ2n) is 6.39. The van der Waals surface area contributed by atoms with Crippen molar-refractivity contribution in [3.05, 3.63) is 29.3 Å². The van der Waals surface area contributed by atoms with Gasteiger partial charge in [0, 0.05) is 6.54 Å². The Bertz CT molecular complexity index is 734. The van der Waals surface area contributed by atoms with E-state index in [0.29, 0.717) is 25.2 Å². The second kappa shape index (κ2) is 7.01. The first-order chi connectivity index (χ1) is 11.3. The van der Waals surface area contributed by atoms with Crippen LogP contribution in [0, 0.1) is 22.7 Å². The molecule has 1 aromatic carbocycles. The number of anilines is 1. The van der Waals surface area contributed by atoms with Gasteiger partial charge in [0.05, 0.1) is 12.2 Å². The molecule has 0 atom stereocenters. The number of rotatable bonds is 2. The fourth-order valence-corrected chi connectivity index (χ4v) is 2.36. The molecule has 1 aliphatic rings. The number of hydrogen-bond donors (Lipinski definition) is 1. The molecule has 0 unspecified atom stereocenters. The van der Waals surface area contributed by atoms with Gasteiger partial charge in [-0.05, 0) is 44.4 Å². The predicted octanol–water partition coefficient (Wildman–Crippen LogP) is 2.79. The summed E-state index contributed by atoms with van der Waals surface area (Å²) in [6, 6.07) is 9.06. The van der Waals surface area contributed by atoms with Gasteiger partial charge in [-0.1, -0.05) is 12.1 Å². The lowest BCUT2D eigenvalue weighted by Crippen LogP contribution is -2.40.